The molecule has 6 nitrogen and oxygen atoms in total. The zero-order valence-corrected chi connectivity index (χ0v) is 13.8. The Morgan fingerprint density at radius 1 is 1.29 bits per heavy atom. The first-order valence-electron chi connectivity index (χ1n) is 8.09. The van der Waals surface area contributed by atoms with Crippen LogP contribution in [0.1, 0.15) is 24.4 Å². The molecule has 4 rings (SSSR count). The molecule has 0 aromatic heterocycles. The number of ether oxygens (including phenoxy) is 1. The second-order valence-electron chi connectivity index (χ2n) is 6.27. The Morgan fingerprint density at radius 2 is 2.12 bits per heavy atom. The first-order valence-corrected chi connectivity index (χ1v) is 8.47. The molecule has 3 aliphatic rings. The second-order valence-corrected chi connectivity index (χ2v) is 6.67. The maximum atomic E-state index is 12.9. The van der Waals surface area contributed by atoms with Crippen LogP contribution in [0.5, 0.6) is 0 Å². The quantitative estimate of drug-likeness (QED) is 0.878. The van der Waals surface area contributed by atoms with Gasteiger partial charge in [-0.3, -0.25) is 4.79 Å². The predicted octanol–water partition coefficient (Wildman–Crippen LogP) is 1.97. The largest absolute Gasteiger partial charge is 0.376 e. The Balaban J connectivity index is 1.62. The van der Waals surface area contributed by atoms with Crippen LogP contribution >= 0.6 is 11.6 Å². The molecule has 3 aliphatic heterocycles. The fraction of sp³-hybridized carbons (Fsp3) is 0.412. The zero-order chi connectivity index (χ0) is 16.7. The first-order chi connectivity index (χ1) is 11.6. The number of nitrogens with one attached hydrogen (secondary N) is 2. The molecule has 1 saturated heterocycles. The highest BCUT2D eigenvalue weighted by molar-refractivity contribution is 6.31. The van der Waals surface area contributed by atoms with Gasteiger partial charge in [0.25, 0.3) is 5.91 Å². The standard InChI is InChI=1S/C17H18ClN3O3/c18-12-6-2-1-5-11(12)15-14-13(19-17(23)20-15)9-21(16(14)22)8-10-4-3-7-24-10/h1-2,5-6,10,15H,3-4,7-9H2,(H2,19,20,23)/t10-,15+/m1/s1. The molecule has 0 saturated carbocycles. The van der Waals surface area contributed by atoms with E-state index in [2.05, 4.69) is 10.6 Å². The summed E-state index contributed by atoms with van der Waals surface area (Å²) in [6.07, 6.45) is 2.07. The van der Waals surface area contributed by atoms with E-state index in [1.807, 2.05) is 18.2 Å². The van der Waals surface area contributed by atoms with Crippen LogP contribution in [0.3, 0.4) is 0 Å². The highest BCUT2D eigenvalue weighted by atomic mass is 35.5. The van der Waals surface area contributed by atoms with Gasteiger partial charge in [0.15, 0.2) is 0 Å². The average Bonchev–Trinajstić information content (AvgIpc) is 3.16. The molecular weight excluding hydrogens is 330 g/mol. The van der Waals surface area contributed by atoms with Crippen molar-refractivity contribution < 1.29 is 14.3 Å². The van der Waals surface area contributed by atoms with Gasteiger partial charge in [-0.25, -0.2) is 4.79 Å². The third kappa shape index (κ3) is 2.65. The number of benzene rings is 1. The third-order valence-corrected chi connectivity index (χ3v) is 5.03. The van der Waals surface area contributed by atoms with Gasteiger partial charge in [0, 0.05) is 18.2 Å². The summed E-state index contributed by atoms with van der Waals surface area (Å²) in [5, 5.41) is 6.11. The molecule has 24 heavy (non-hydrogen) atoms. The number of amides is 3. The lowest BCUT2D eigenvalue weighted by Crippen LogP contribution is -2.44. The molecule has 3 heterocycles. The normalized spacial score (nSPS) is 26.5. The van der Waals surface area contributed by atoms with E-state index in [9.17, 15) is 9.59 Å². The van der Waals surface area contributed by atoms with E-state index in [4.69, 9.17) is 16.3 Å². The molecule has 1 aromatic rings. The number of hydrogen-bond donors (Lipinski definition) is 2. The van der Waals surface area contributed by atoms with Crippen LogP contribution in [0.25, 0.3) is 0 Å². The SMILES string of the molecule is O=C1NC2=C(C(=O)N(C[C@H]3CCCO3)C2)[C@H](c2ccccc2Cl)N1. The lowest BCUT2D eigenvalue weighted by molar-refractivity contribution is -0.127. The van der Waals surface area contributed by atoms with E-state index in [-0.39, 0.29) is 18.0 Å². The van der Waals surface area contributed by atoms with Crippen LogP contribution < -0.4 is 10.6 Å². The summed E-state index contributed by atoms with van der Waals surface area (Å²) < 4.78 is 5.63. The lowest BCUT2D eigenvalue weighted by Gasteiger charge is -2.26. The maximum Gasteiger partial charge on any atom is 0.319 e. The van der Waals surface area contributed by atoms with Crippen molar-refractivity contribution in [2.24, 2.45) is 0 Å². The Morgan fingerprint density at radius 3 is 2.88 bits per heavy atom. The molecule has 0 unspecified atom stereocenters. The van der Waals surface area contributed by atoms with Crippen LogP contribution in [-0.4, -0.2) is 42.6 Å². The molecule has 1 fully saturated rings. The van der Waals surface area contributed by atoms with Gasteiger partial charge in [-0.2, -0.15) is 0 Å². The predicted molar refractivity (Wildman–Crippen MR) is 88.4 cm³/mol. The van der Waals surface area contributed by atoms with Crippen molar-refractivity contribution in [2.45, 2.75) is 25.0 Å². The van der Waals surface area contributed by atoms with Gasteiger partial charge >= 0.3 is 6.03 Å². The molecule has 7 heteroatoms. The fourth-order valence-corrected chi connectivity index (χ4v) is 3.80. The van der Waals surface area contributed by atoms with Crippen molar-refractivity contribution in [3.05, 3.63) is 46.1 Å². The highest BCUT2D eigenvalue weighted by Gasteiger charge is 2.41. The molecule has 0 radical (unpaired) electrons. The van der Waals surface area contributed by atoms with Crippen molar-refractivity contribution in [3.8, 4) is 0 Å². The summed E-state index contributed by atoms with van der Waals surface area (Å²) in [5.41, 5.74) is 1.96. The molecule has 0 bridgehead atoms. The molecule has 126 valence electrons. The molecule has 2 atom stereocenters. The van der Waals surface area contributed by atoms with E-state index < -0.39 is 6.04 Å². The molecular formula is C17H18ClN3O3. The number of halogens is 1. The van der Waals surface area contributed by atoms with E-state index >= 15 is 0 Å². The fourth-order valence-electron chi connectivity index (χ4n) is 3.55. The minimum atomic E-state index is -0.524. The Kier molecular flexibility index (Phi) is 3.94. The molecule has 0 spiro atoms. The number of carbonyl (C=O) groups is 2. The van der Waals surface area contributed by atoms with E-state index in [0.717, 1.165) is 25.0 Å². The minimum Gasteiger partial charge on any atom is -0.376 e. The number of carbonyl (C=O) groups excluding carboxylic acids is 2. The smallest absolute Gasteiger partial charge is 0.319 e. The van der Waals surface area contributed by atoms with Gasteiger partial charge in [-0.1, -0.05) is 29.8 Å². The summed E-state index contributed by atoms with van der Waals surface area (Å²) >= 11 is 6.28. The molecule has 1 aromatic carbocycles. The summed E-state index contributed by atoms with van der Waals surface area (Å²) in [6.45, 7) is 1.71. The van der Waals surface area contributed by atoms with Gasteiger partial charge in [0.1, 0.15) is 0 Å². The minimum absolute atomic E-state index is 0.0714. The first kappa shape index (κ1) is 15.5. The number of rotatable bonds is 3. The number of hydrogen-bond acceptors (Lipinski definition) is 3. The lowest BCUT2D eigenvalue weighted by atomic mass is 9.96. The van der Waals surface area contributed by atoms with Crippen molar-refractivity contribution in [2.75, 3.05) is 19.7 Å². The van der Waals surface area contributed by atoms with Gasteiger partial charge in [0.2, 0.25) is 0 Å². The van der Waals surface area contributed by atoms with Crippen molar-refractivity contribution in [3.63, 3.8) is 0 Å². The molecule has 0 aliphatic carbocycles. The average molecular weight is 348 g/mol. The van der Waals surface area contributed by atoms with E-state index in [1.165, 1.54) is 0 Å². The van der Waals surface area contributed by atoms with Gasteiger partial charge in [-0.15, -0.1) is 0 Å². The zero-order valence-electron chi connectivity index (χ0n) is 13.0. The van der Waals surface area contributed by atoms with Crippen LogP contribution in [0, 0.1) is 0 Å². The van der Waals surface area contributed by atoms with Crippen LogP contribution in [-0.2, 0) is 9.53 Å². The highest BCUT2D eigenvalue weighted by Crippen LogP contribution is 2.35. The van der Waals surface area contributed by atoms with E-state index in [0.29, 0.717) is 29.4 Å². The summed E-state index contributed by atoms with van der Waals surface area (Å²) in [5.74, 6) is -0.0714. The number of nitrogens with zero attached hydrogens (tertiary/aromatic N) is 1. The second kappa shape index (κ2) is 6.11. The number of urea groups is 1. The van der Waals surface area contributed by atoms with E-state index in [1.54, 1.807) is 11.0 Å². The Labute approximate surface area is 144 Å². The molecule has 3 amide bonds. The van der Waals surface area contributed by atoms with Crippen molar-refractivity contribution in [1.29, 1.82) is 0 Å². The third-order valence-electron chi connectivity index (χ3n) is 4.68. The van der Waals surface area contributed by atoms with Gasteiger partial charge in [0.05, 0.1) is 30.0 Å². The summed E-state index contributed by atoms with van der Waals surface area (Å²) in [4.78, 5) is 26.7. The Bertz CT molecular complexity index is 728. The van der Waals surface area contributed by atoms with Crippen molar-refractivity contribution in [1.82, 2.24) is 15.5 Å². The maximum absolute atomic E-state index is 12.9. The van der Waals surface area contributed by atoms with Crippen LogP contribution in [0.2, 0.25) is 5.02 Å². The van der Waals surface area contributed by atoms with Crippen LogP contribution in [0.4, 0.5) is 4.79 Å². The molecule has 2 N–H and O–H groups in total. The van der Waals surface area contributed by atoms with Crippen LogP contribution in [0.15, 0.2) is 35.5 Å². The summed E-state index contributed by atoms with van der Waals surface area (Å²) in [6, 6.07) is 6.42. The topological polar surface area (TPSA) is 70.7 Å². The monoisotopic (exact) mass is 347 g/mol. The van der Waals surface area contributed by atoms with Gasteiger partial charge in [-0.05, 0) is 24.5 Å². The van der Waals surface area contributed by atoms with Crippen molar-refractivity contribution >= 4 is 23.5 Å². The summed E-state index contributed by atoms with van der Waals surface area (Å²) in [7, 11) is 0. The Hall–Kier alpha value is -2.05. The van der Waals surface area contributed by atoms with Gasteiger partial charge < -0.3 is 20.3 Å².